The number of anilines is 2. The van der Waals surface area contributed by atoms with Crippen molar-refractivity contribution in [2.45, 2.75) is 0 Å². The quantitative estimate of drug-likeness (QED) is 0.172. The third kappa shape index (κ3) is 4.42. The molecule has 1 aliphatic rings. The van der Waals surface area contributed by atoms with Crippen LogP contribution in [0.15, 0.2) is 95.7 Å². The van der Waals surface area contributed by atoms with Gasteiger partial charge in [0.05, 0.1) is 21.3 Å². The first kappa shape index (κ1) is 23.9. The second kappa shape index (κ2) is 9.66. The number of imide groups is 1. The maximum Gasteiger partial charge on any atom is 0.343 e. The number of nitrogens with zero attached hydrogens (tertiary/aromatic N) is 1. The summed E-state index contributed by atoms with van der Waals surface area (Å²) in [6, 6.07) is 24.0. The third-order valence-electron chi connectivity index (χ3n) is 5.52. The molecule has 0 saturated heterocycles. The van der Waals surface area contributed by atoms with Crippen molar-refractivity contribution in [2.24, 2.45) is 0 Å². The Morgan fingerprint density at radius 1 is 0.778 bits per heavy atom. The third-order valence-corrected chi connectivity index (χ3v) is 6.68. The highest BCUT2D eigenvalue weighted by molar-refractivity contribution is 6.54. The number of fused-ring (bicyclic) bond motifs is 1. The number of benzene rings is 4. The lowest BCUT2D eigenvalue weighted by atomic mass is 10.1. The zero-order chi connectivity index (χ0) is 25.4. The zero-order valence-electron chi connectivity index (χ0n) is 18.3. The van der Waals surface area contributed by atoms with Crippen LogP contribution < -0.4 is 15.0 Å². The van der Waals surface area contributed by atoms with E-state index in [4.69, 9.17) is 39.5 Å². The minimum atomic E-state index is -0.732. The number of esters is 1. The Bertz CT molecular complexity index is 1580. The Balaban J connectivity index is 1.31. The molecule has 4 aromatic carbocycles. The van der Waals surface area contributed by atoms with Crippen molar-refractivity contribution in [3.63, 3.8) is 0 Å². The van der Waals surface area contributed by atoms with Crippen molar-refractivity contribution in [1.29, 1.82) is 0 Å². The summed E-state index contributed by atoms with van der Waals surface area (Å²) in [6.45, 7) is 0. The van der Waals surface area contributed by atoms with Gasteiger partial charge in [-0.05, 0) is 59.3 Å². The summed E-state index contributed by atoms with van der Waals surface area (Å²) in [6.07, 6.45) is 0. The van der Waals surface area contributed by atoms with E-state index in [2.05, 4.69) is 5.32 Å². The molecule has 0 unspecified atom stereocenters. The average molecular weight is 538 g/mol. The second-order valence-corrected chi connectivity index (χ2v) is 8.97. The van der Waals surface area contributed by atoms with Gasteiger partial charge in [-0.15, -0.1) is 0 Å². The zero-order valence-corrected chi connectivity index (χ0v) is 20.6. The lowest BCUT2D eigenvalue weighted by Gasteiger charge is -2.17. The van der Waals surface area contributed by atoms with Crippen LogP contribution in [-0.2, 0) is 9.59 Å². The van der Waals surface area contributed by atoms with Gasteiger partial charge < -0.3 is 10.1 Å². The SMILES string of the molecule is O=C(Oc1ccc2ccccc2c1)c1ccc(NC2=C(Cl)C(=O)N(c3cccc(Cl)c3Cl)C2=O)cc1. The number of nitrogens with one attached hydrogen (secondary N) is 1. The van der Waals surface area contributed by atoms with E-state index in [0.29, 0.717) is 17.0 Å². The van der Waals surface area contributed by atoms with Gasteiger partial charge in [-0.1, -0.05) is 71.2 Å². The van der Waals surface area contributed by atoms with Crippen LogP contribution in [0, 0.1) is 0 Å². The number of carbonyl (C=O) groups is 3. The highest BCUT2D eigenvalue weighted by atomic mass is 35.5. The highest BCUT2D eigenvalue weighted by Crippen LogP contribution is 2.37. The average Bonchev–Trinajstić information content (AvgIpc) is 3.09. The van der Waals surface area contributed by atoms with E-state index >= 15 is 0 Å². The Morgan fingerprint density at radius 3 is 2.25 bits per heavy atom. The number of ether oxygens (including phenoxy) is 1. The first-order valence-electron chi connectivity index (χ1n) is 10.6. The van der Waals surface area contributed by atoms with Gasteiger partial charge in [0.15, 0.2) is 0 Å². The summed E-state index contributed by atoms with van der Waals surface area (Å²) in [5, 5.41) is 4.80. The number of halogens is 3. The van der Waals surface area contributed by atoms with Crippen molar-refractivity contribution in [2.75, 3.05) is 10.2 Å². The maximum atomic E-state index is 13.0. The molecule has 0 aromatic heterocycles. The fraction of sp³-hybridized carbons (Fsp3) is 0. The minimum absolute atomic E-state index is 0.0564. The van der Waals surface area contributed by atoms with Crippen LogP contribution >= 0.6 is 34.8 Å². The molecule has 6 nitrogen and oxygen atoms in total. The molecule has 5 rings (SSSR count). The molecule has 0 atom stereocenters. The van der Waals surface area contributed by atoms with Gasteiger partial charge in [-0.25, -0.2) is 9.69 Å². The molecule has 1 N–H and O–H groups in total. The van der Waals surface area contributed by atoms with E-state index in [-0.39, 0.29) is 26.5 Å². The molecule has 1 heterocycles. The van der Waals surface area contributed by atoms with Gasteiger partial charge >= 0.3 is 5.97 Å². The maximum absolute atomic E-state index is 13.0. The van der Waals surface area contributed by atoms with E-state index in [1.54, 1.807) is 36.4 Å². The Labute approximate surface area is 220 Å². The molecule has 36 heavy (non-hydrogen) atoms. The summed E-state index contributed by atoms with van der Waals surface area (Å²) in [5.41, 5.74) is 0.741. The number of hydrogen-bond acceptors (Lipinski definition) is 5. The van der Waals surface area contributed by atoms with E-state index in [1.165, 1.54) is 18.2 Å². The standard InChI is InChI=1S/C27H15Cl3N2O4/c28-20-6-3-7-21(22(20)29)32-25(33)23(30)24(26(32)34)31-18-11-8-16(9-12-18)27(35)36-19-13-10-15-4-1-2-5-17(15)14-19/h1-14,31H. The lowest BCUT2D eigenvalue weighted by molar-refractivity contribution is -0.120. The van der Waals surface area contributed by atoms with E-state index < -0.39 is 17.8 Å². The molecule has 0 radical (unpaired) electrons. The summed E-state index contributed by atoms with van der Waals surface area (Å²) in [4.78, 5) is 39.1. The Morgan fingerprint density at radius 2 is 1.50 bits per heavy atom. The van der Waals surface area contributed by atoms with Crippen molar-refractivity contribution in [1.82, 2.24) is 0 Å². The topological polar surface area (TPSA) is 75.7 Å². The van der Waals surface area contributed by atoms with Crippen LogP contribution in [0.3, 0.4) is 0 Å². The van der Waals surface area contributed by atoms with Crippen molar-refractivity contribution < 1.29 is 19.1 Å². The minimum Gasteiger partial charge on any atom is -0.423 e. The van der Waals surface area contributed by atoms with Crippen LogP contribution in [0.1, 0.15) is 10.4 Å². The Hall–Kier alpha value is -3.84. The number of amides is 2. The molecule has 0 fully saturated rings. The van der Waals surface area contributed by atoms with Crippen molar-refractivity contribution in [3.05, 3.63) is 111 Å². The predicted molar refractivity (Wildman–Crippen MR) is 141 cm³/mol. The molecular formula is C27H15Cl3N2O4. The fourth-order valence-corrected chi connectivity index (χ4v) is 4.32. The first-order chi connectivity index (χ1) is 17.3. The number of rotatable bonds is 5. The fourth-order valence-electron chi connectivity index (χ4n) is 3.73. The molecule has 0 bridgehead atoms. The van der Waals surface area contributed by atoms with Gasteiger partial charge in [0.25, 0.3) is 11.8 Å². The number of hydrogen-bond donors (Lipinski definition) is 1. The molecule has 9 heteroatoms. The van der Waals surface area contributed by atoms with Crippen LogP contribution in [0.25, 0.3) is 10.8 Å². The molecule has 0 aliphatic carbocycles. The molecule has 0 saturated carbocycles. The predicted octanol–water partition coefficient (Wildman–Crippen LogP) is 6.80. The second-order valence-electron chi connectivity index (χ2n) is 7.81. The van der Waals surface area contributed by atoms with Gasteiger partial charge in [-0.2, -0.15) is 0 Å². The monoisotopic (exact) mass is 536 g/mol. The van der Waals surface area contributed by atoms with E-state index in [9.17, 15) is 14.4 Å². The smallest absolute Gasteiger partial charge is 0.343 e. The highest BCUT2D eigenvalue weighted by Gasteiger charge is 2.40. The van der Waals surface area contributed by atoms with Crippen LogP contribution in [-0.4, -0.2) is 17.8 Å². The normalized spacial score (nSPS) is 13.5. The summed E-state index contributed by atoms with van der Waals surface area (Å²) in [7, 11) is 0. The first-order valence-corrected chi connectivity index (χ1v) is 11.8. The molecule has 4 aromatic rings. The molecule has 2 amide bonds. The van der Waals surface area contributed by atoms with Gasteiger partial charge in [-0.3, -0.25) is 9.59 Å². The Kier molecular flexibility index (Phi) is 6.41. The lowest BCUT2D eigenvalue weighted by Crippen LogP contribution is -2.32. The summed E-state index contributed by atoms with van der Waals surface area (Å²) in [5.74, 6) is -1.53. The van der Waals surface area contributed by atoms with Crippen LogP contribution in [0.2, 0.25) is 10.0 Å². The number of carbonyl (C=O) groups excluding carboxylic acids is 3. The van der Waals surface area contributed by atoms with Crippen LogP contribution in [0.5, 0.6) is 5.75 Å². The van der Waals surface area contributed by atoms with Gasteiger partial charge in [0, 0.05) is 5.69 Å². The van der Waals surface area contributed by atoms with Gasteiger partial charge in [0.2, 0.25) is 0 Å². The van der Waals surface area contributed by atoms with E-state index in [1.807, 2.05) is 30.3 Å². The summed E-state index contributed by atoms with van der Waals surface area (Å²) < 4.78 is 5.50. The molecule has 1 aliphatic heterocycles. The van der Waals surface area contributed by atoms with Crippen LogP contribution in [0.4, 0.5) is 11.4 Å². The molecular weight excluding hydrogens is 523 g/mol. The van der Waals surface area contributed by atoms with E-state index in [0.717, 1.165) is 15.7 Å². The van der Waals surface area contributed by atoms with Crippen molar-refractivity contribution >= 4 is 74.7 Å². The molecule has 178 valence electrons. The van der Waals surface area contributed by atoms with Gasteiger partial charge in [0.1, 0.15) is 16.5 Å². The largest absolute Gasteiger partial charge is 0.423 e. The van der Waals surface area contributed by atoms with Crippen molar-refractivity contribution in [3.8, 4) is 5.75 Å². The summed E-state index contributed by atoms with van der Waals surface area (Å²) >= 11 is 18.4. The molecule has 0 spiro atoms.